The fourth-order valence-corrected chi connectivity index (χ4v) is 3.24. The first-order chi connectivity index (χ1) is 12.9. The molecule has 0 aliphatic carbocycles. The molecule has 3 aromatic rings. The van der Waals surface area contributed by atoms with Gasteiger partial charge in [0.1, 0.15) is 11.6 Å². The van der Waals surface area contributed by atoms with Gasteiger partial charge in [-0.2, -0.15) is 0 Å². The van der Waals surface area contributed by atoms with Gasteiger partial charge in [-0.15, -0.1) is 0 Å². The average Bonchev–Trinajstić information content (AvgIpc) is 3.16. The van der Waals surface area contributed by atoms with Crippen LogP contribution in [0, 0.1) is 5.82 Å². The van der Waals surface area contributed by atoms with Crippen molar-refractivity contribution >= 4 is 33.4 Å². The van der Waals surface area contributed by atoms with Crippen LogP contribution in [0.15, 0.2) is 82.3 Å². The van der Waals surface area contributed by atoms with E-state index in [0.717, 1.165) is 12.1 Å². The van der Waals surface area contributed by atoms with Crippen LogP contribution < -0.4 is 10.0 Å². The highest BCUT2D eigenvalue weighted by molar-refractivity contribution is 7.92. The Bertz CT molecular complexity index is 1040. The lowest BCUT2D eigenvalue weighted by molar-refractivity contribution is -0.111. The van der Waals surface area contributed by atoms with Crippen molar-refractivity contribution in [2.24, 2.45) is 0 Å². The molecule has 0 aliphatic rings. The topological polar surface area (TPSA) is 88.4 Å². The Morgan fingerprint density at radius 1 is 0.963 bits per heavy atom. The highest BCUT2D eigenvalue weighted by atomic mass is 32.2. The van der Waals surface area contributed by atoms with Crippen LogP contribution >= 0.6 is 0 Å². The van der Waals surface area contributed by atoms with E-state index in [9.17, 15) is 17.6 Å². The van der Waals surface area contributed by atoms with Gasteiger partial charge in [0.15, 0.2) is 0 Å². The number of anilines is 2. The average molecular weight is 386 g/mol. The summed E-state index contributed by atoms with van der Waals surface area (Å²) in [5.41, 5.74) is 0.682. The summed E-state index contributed by atoms with van der Waals surface area (Å²) in [6, 6.07) is 14.0. The molecule has 0 aliphatic heterocycles. The van der Waals surface area contributed by atoms with E-state index >= 15 is 0 Å². The van der Waals surface area contributed by atoms with E-state index in [2.05, 4.69) is 10.0 Å². The number of halogens is 1. The van der Waals surface area contributed by atoms with E-state index < -0.39 is 15.8 Å². The molecule has 0 saturated heterocycles. The minimum atomic E-state index is -3.82. The van der Waals surface area contributed by atoms with E-state index in [-0.39, 0.29) is 16.5 Å². The summed E-state index contributed by atoms with van der Waals surface area (Å²) in [4.78, 5) is 11.9. The molecule has 0 radical (unpaired) electrons. The molecule has 3 rings (SSSR count). The molecule has 2 aromatic carbocycles. The van der Waals surface area contributed by atoms with Gasteiger partial charge in [0.2, 0.25) is 5.91 Å². The van der Waals surface area contributed by atoms with Gasteiger partial charge in [-0.05, 0) is 66.7 Å². The Hall–Kier alpha value is -3.39. The van der Waals surface area contributed by atoms with Gasteiger partial charge in [0, 0.05) is 17.5 Å². The molecule has 6 nitrogen and oxygen atoms in total. The first-order valence-electron chi connectivity index (χ1n) is 7.83. The lowest BCUT2D eigenvalue weighted by Crippen LogP contribution is -2.13. The van der Waals surface area contributed by atoms with Crippen LogP contribution in [0.4, 0.5) is 15.8 Å². The monoisotopic (exact) mass is 386 g/mol. The summed E-state index contributed by atoms with van der Waals surface area (Å²) in [5, 5.41) is 2.61. The van der Waals surface area contributed by atoms with Crippen LogP contribution in [-0.2, 0) is 14.8 Å². The predicted molar refractivity (Wildman–Crippen MR) is 100 cm³/mol. The van der Waals surface area contributed by atoms with Crippen molar-refractivity contribution in [3.63, 3.8) is 0 Å². The molecule has 1 amide bonds. The highest BCUT2D eigenvalue weighted by Gasteiger charge is 2.14. The summed E-state index contributed by atoms with van der Waals surface area (Å²) in [7, 11) is -3.82. The maximum absolute atomic E-state index is 12.9. The smallest absolute Gasteiger partial charge is 0.261 e. The zero-order valence-corrected chi connectivity index (χ0v) is 14.7. The Morgan fingerprint density at radius 3 is 2.26 bits per heavy atom. The lowest BCUT2D eigenvalue weighted by Gasteiger charge is -2.09. The number of hydrogen-bond acceptors (Lipinski definition) is 4. The molecule has 0 saturated carbocycles. The van der Waals surface area contributed by atoms with E-state index in [4.69, 9.17) is 4.42 Å². The van der Waals surface area contributed by atoms with Crippen molar-refractivity contribution in [2.45, 2.75) is 4.90 Å². The maximum atomic E-state index is 12.9. The second kappa shape index (κ2) is 7.88. The van der Waals surface area contributed by atoms with Gasteiger partial charge in [-0.3, -0.25) is 9.52 Å². The number of rotatable bonds is 6. The van der Waals surface area contributed by atoms with Crippen molar-refractivity contribution in [2.75, 3.05) is 10.0 Å². The van der Waals surface area contributed by atoms with Crippen molar-refractivity contribution in [3.05, 3.63) is 84.6 Å². The predicted octanol–water partition coefficient (Wildman–Crippen LogP) is 3.87. The second-order valence-corrected chi connectivity index (χ2v) is 7.16. The zero-order chi connectivity index (χ0) is 19.3. The first kappa shape index (κ1) is 18.4. The number of nitrogens with one attached hydrogen (secondary N) is 2. The number of sulfonamides is 1. The highest BCUT2D eigenvalue weighted by Crippen LogP contribution is 2.18. The quantitative estimate of drug-likeness (QED) is 0.630. The van der Waals surface area contributed by atoms with Crippen LogP contribution in [0.1, 0.15) is 5.76 Å². The normalized spacial score (nSPS) is 11.4. The number of carbonyl (C=O) groups is 1. The molecular formula is C19H15FN2O4S. The van der Waals surface area contributed by atoms with Crippen molar-refractivity contribution < 1.29 is 22.0 Å². The van der Waals surface area contributed by atoms with E-state index in [0.29, 0.717) is 11.4 Å². The minimum Gasteiger partial charge on any atom is -0.465 e. The van der Waals surface area contributed by atoms with Crippen LogP contribution in [-0.4, -0.2) is 14.3 Å². The van der Waals surface area contributed by atoms with Crippen molar-refractivity contribution in [1.29, 1.82) is 0 Å². The molecule has 0 bridgehead atoms. The number of hydrogen-bond donors (Lipinski definition) is 2. The fourth-order valence-electron chi connectivity index (χ4n) is 2.18. The number of carbonyl (C=O) groups excluding carboxylic acids is 1. The van der Waals surface area contributed by atoms with Gasteiger partial charge in [-0.25, -0.2) is 12.8 Å². The Morgan fingerprint density at radius 2 is 1.63 bits per heavy atom. The SMILES string of the molecule is O=C(C=Cc1ccco1)Nc1ccc(S(=O)(=O)Nc2ccc(F)cc2)cc1. The maximum Gasteiger partial charge on any atom is 0.261 e. The third kappa shape index (κ3) is 5.05. The van der Waals surface area contributed by atoms with Gasteiger partial charge in [0.25, 0.3) is 10.0 Å². The van der Waals surface area contributed by atoms with E-state index in [1.807, 2.05) is 0 Å². The molecule has 138 valence electrons. The zero-order valence-electron chi connectivity index (χ0n) is 13.9. The summed E-state index contributed by atoms with van der Waals surface area (Å²) >= 11 is 0. The molecule has 0 unspecified atom stereocenters. The standard InChI is InChI=1S/C19H15FN2O4S/c20-14-3-5-16(6-4-14)22-27(24,25)18-10-7-15(8-11-18)21-19(23)12-9-17-2-1-13-26-17/h1-13,22H,(H,21,23). The van der Waals surface area contributed by atoms with Gasteiger partial charge in [-0.1, -0.05) is 0 Å². The molecule has 27 heavy (non-hydrogen) atoms. The number of furan rings is 1. The molecule has 0 fully saturated rings. The van der Waals surface area contributed by atoms with Crippen LogP contribution in [0.25, 0.3) is 6.08 Å². The summed E-state index contributed by atoms with van der Waals surface area (Å²) in [6.07, 6.45) is 4.32. The molecule has 0 atom stereocenters. The number of benzene rings is 2. The van der Waals surface area contributed by atoms with Gasteiger partial charge in [0.05, 0.1) is 11.2 Å². The second-order valence-electron chi connectivity index (χ2n) is 5.47. The minimum absolute atomic E-state index is 0.0101. The van der Waals surface area contributed by atoms with E-state index in [1.54, 1.807) is 12.1 Å². The van der Waals surface area contributed by atoms with Crippen LogP contribution in [0.2, 0.25) is 0 Å². The molecule has 0 spiro atoms. The molecule has 8 heteroatoms. The van der Waals surface area contributed by atoms with Gasteiger partial charge < -0.3 is 9.73 Å². The van der Waals surface area contributed by atoms with Crippen LogP contribution in [0.5, 0.6) is 0 Å². The fraction of sp³-hybridized carbons (Fsp3) is 0. The molecule has 2 N–H and O–H groups in total. The summed E-state index contributed by atoms with van der Waals surface area (Å²) < 4.78 is 45.0. The Kier molecular flexibility index (Phi) is 5.37. The third-order valence-corrected chi connectivity index (χ3v) is 4.87. The summed E-state index contributed by atoms with van der Waals surface area (Å²) in [6.45, 7) is 0. The Balaban J connectivity index is 1.65. The van der Waals surface area contributed by atoms with Gasteiger partial charge >= 0.3 is 0 Å². The van der Waals surface area contributed by atoms with Crippen LogP contribution in [0.3, 0.4) is 0 Å². The van der Waals surface area contributed by atoms with Crippen molar-refractivity contribution in [1.82, 2.24) is 0 Å². The molecule has 1 heterocycles. The molecular weight excluding hydrogens is 371 g/mol. The molecule has 1 aromatic heterocycles. The number of amides is 1. The third-order valence-electron chi connectivity index (χ3n) is 3.47. The largest absolute Gasteiger partial charge is 0.465 e. The Labute approximate surface area is 155 Å². The first-order valence-corrected chi connectivity index (χ1v) is 9.32. The van der Waals surface area contributed by atoms with Crippen molar-refractivity contribution in [3.8, 4) is 0 Å². The van der Waals surface area contributed by atoms with E-state index in [1.165, 1.54) is 54.8 Å². The summed E-state index contributed by atoms with van der Waals surface area (Å²) in [5.74, 6) is -0.302. The lowest BCUT2D eigenvalue weighted by atomic mass is 10.3.